The Labute approximate surface area is 133 Å². The van der Waals surface area contributed by atoms with E-state index >= 15 is 0 Å². The largest absolute Gasteiger partial charge is 0.482 e. The van der Waals surface area contributed by atoms with Gasteiger partial charge in [0.05, 0.1) is 6.26 Å². The summed E-state index contributed by atoms with van der Waals surface area (Å²) in [5.41, 5.74) is 0.956. The smallest absolute Gasteiger partial charge is 0.296 e. The Morgan fingerprint density at radius 1 is 1.17 bits per heavy atom. The van der Waals surface area contributed by atoms with Crippen LogP contribution in [-0.4, -0.2) is 15.9 Å². The average Bonchev–Trinajstić information content (AvgIpc) is 3.05. The number of hydrogen-bond acceptors (Lipinski definition) is 5. The second-order valence-electron chi connectivity index (χ2n) is 4.82. The van der Waals surface area contributed by atoms with Gasteiger partial charge in [0.15, 0.2) is 5.75 Å². The highest BCUT2D eigenvalue weighted by atomic mass is 16.5. The van der Waals surface area contributed by atoms with Crippen LogP contribution >= 0.6 is 0 Å². The Morgan fingerprint density at radius 3 is 2.74 bits per heavy atom. The van der Waals surface area contributed by atoms with Crippen LogP contribution in [0.25, 0.3) is 0 Å². The number of pyridine rings is 2. The van der Waals surface area contributed by atoms with E-state index in [-0.39, 0.29) is 11.9 Å². The summed E-state index contributed by atoms with van der Waals surface area (Å²) in [7, 11) is 0. The summed E-state index contributed by atoms with van der Waals surface area (Å²) in [4.78, 5) is 20.3. The highest BCUT2D eigenvalue weighted by Crippen LogP contribution is 2.26. The van der Waals surface area contributed by atoms with Gasteiger partial charge in [-0.3, -0.25) is 9.78 Å². The Hall–Kier alpha value is -3.15. The van der Waals surface area contributed by atoms with Crippen LogP contribution < -0.4 is 10.1 Å². The monoisotopic (exact) mass is 309 g/mol. The fourth-order valence-electron chi connectivity index (χ4n) is 2.06. The van der Waals surface area contributed by atoms with Crippen molar-refractivity contribution in [3.05, 3.63) is 72.6 Å². The third-order valence-electron chi connectivity index (χ3n) is 3.22. The zero-order valence-corrected chi connectivity index (χ0v) is 12.5. The number of nitrogens with zero attached hydrogens (tertiary/aromatic N) is 2. The summed E-state index contributed by atoms with van der Waals surface area (Å²) in [6.45, 7) is 1.89. The van der Waals surface area contributed by atoms with Gasteiger partial charge in [-0.15, -0.1) is 0 Å². The maximum Gasteiger partial charge on any atom is 0.296 e. The number of carbonyl (C=O) groups excluding carboxylic acids is 1. The van der Waals surface area contributed by atoms with Gasteiger partial charge >= 0.3 is 0 Å². The lowest BCUT2D eigenvalue weighted by Gasteiger charge is -2.14. The van der Waals surface area contributed by atoms with E-state index < -0.39 is 5.91 Å². The van der Waals surface area contributed by atoms with Crippen LogP contribution in [0.4, 0.5) is 5.82 Å². The molecule has 3 aromatic rings. The third kappa shape index (κ3) is 3.55. The first-order chi connectivity index (χ1) is 11.2. The summed E-state index contributed by atoms with van der Waals surface area (Å²) in [5, 5.41) is 2.66. The lowest BCUT2D eigenvalue weighted by Crippen LogP contribution is -2.14. The summed E-state index contributed by atoms with van der Waals surface area (Å²) < 4.78 is 11.1. The number of ether oxygens (including phenoxy) is 1. The topological polar surface area (TPSA) is 77.2 Å². The zero-order chi connectivity index (χ0) is 16.1. The Morgan fingerprint density at radius 2 is 2.00 bits per heavy atom. The fraction of sp³-hybridized carbons (Fsp3) is 0.118. The van der Waals surface area contributed by atoms with Gasteiger partial charge in [0, 0.05) is 24.7 Å². The number of furan rings is 1. The molecule has 0 aliphatic heterocycles. The number of nitrogens with one attached hydrogen (secondary N) is 1. The van der Waals surface area contributed by atoms with E-state index in [1.54, 1.807) is 42.9 Å². The molecule has 0 fully saturated rings. The minimum absolute atomic E-state index is 0.108. The van der Waals surface area contributed by atoms with E-state index in [0.29, 0.717) is 11.6 Å². The van der Waals surface area contributed by atoms with Crippen molar-refractivity contribution in [2.45, 2.75) is 13.0 Å². The van der Waals surface area contributed by atoms with Crippen molar-refractivity contribution >= 4 is 11.7 Å². The van der Waals surface area contributed by atoms with Gasteiger partial charge in [-0.25, -0.2) is 4.98 Å². The van der Waals surface area contributed by atoms with E-state index in [2.05, 4.69) is 15.3 Å². The molecular formula is C17H15N3O3. The molecular weight excluding hydrogens is 294 g/mol. The van der Waals surface area contributed by atoms with E-state index in [9.17, 15) is 4.79 Å². The van der Waals surface area contributed by atoms with Crippen LogP contribution in [0, 0.1) is 0 Å². The molecule has 6 heteroatoms. The lowest BCUT2D eigenvalue weighted by molar-refractivity contribution is 0.0987. The minimum Gasteiger partial charge on any atom is -0.482 e. The molecule has 23 heavy (non-hydrogen) atoms. The highest BCUT2D eigenvalue weighted by molar-refractivity contribution is 6.03. The molecule has 3 aromatic heterocycles. The van der Waals surface area contributed by atoms with Gasteiger partial charge in [0.1, 0.15) is 11.9 Å². The molecule has 0 radical (unpaired) electrons. The maximum atomic E-state index is 12.3. The summed E-state index contributed by atoms with van der Waals surface area (Å²) in [6.07, 6.45) is 6.16. The molecule has 0 aromatic carbocycles. The minimum atomic E-state index is -0.411. The third-order valence-corrected chi connectivity index (χ3v) is 3.22. The number of hydrogen-bond donors (Lipinski definition) is 1. The van der Waals surface area contributed by atoms with Crippen molar-refractivity contribution in [1.29, 1.82) is 0 Å². The molecule has 3 rings (SSSR count). The normalized spacial score (nSPS) is 11.7. The number of amides is 1. The van der Waals surface area contributed by atoms with Crippen molar-refractivity contribution in [3.8, 4) is 5.75 Å². The van der Waals surface area contributed by atoms with Gasteiger partial charge in [0.25, 0.3) is 5.91 Å². The molecule has 0 saturated carbocycles. The van der Waals surface area contributed by atoms with Gasteiger partial charge < -0.3 is 14.5 Å². The summed E-state index contributed by atoms with van der Waals surface area (Å²) in [5.74, 6) is 0.520. The molecule has 6 nitrogen and oxygen atoms in total. The maximum absolute atomic E-state index is 12.3. The zero-order valence-electron chi connectivity index (χ0n) is 12.5. The first-order valence-corrected chi connectivity index (χ1v) is 7.10. The Bertz CT molecular complexity index is 772. The molecule has 0 saturated heterocycles. The van der Waals surface area contributed by atoms with Crippen LogP contribution in [0.1, 0.15) is 29.1 Å². The predicted octanol–water partition coefficient (Wildman–Crippen LogP) is 3.46. The molecule has 116 valence electrons. The summed E-state index contributed by atoms with van der Waals surface area (Å²) >= 11 is 0. The molecule has 0 spiro atoms. The standard InChI is InChI=1S/C17H15N3O3/c1-12(13-5-9-18-10-6-13)23-14-7-11-22-16(14)17(21)20-15-4-2-3-8-19-15/h2-12H,1H3,(H,19,20,21). The quantitative estimate of drug-likeness (QED) is 0.781. The lowest BCUT2D eigenvalue weighted by atomic mass is 10.2. The van der Waals surface area contributed by atoms with Crippen LogP contribution in [0.5, 0.6) is 5.75 Å². The number of anilines is 1. The van der Waals surface area contributed by atoms with Gasteiger partial charge in [-0.1, -0.05) is 6.07 Å². The molecule has 1 amide bonds. The molecule has 1 unspecified atom stereocenters. The molecule has 3 heterocycles. The molecule has 0 bridgehead atoms. The second-order valence-corrected chi connectivity index (χ2v) is 4.82. The van der Waals surface area contributed by atoms with Crippen LogP contribution in [0.3, 0.4) is 0 Å². The Kier molecular flexibility index (Phi) is 4.33. The van der Waals surface area contributed by atoms with Crippen LogP contribution in [0.15, 0.2) is 65.7 Å². The SMILES string of the molecule is CC(Oc1ccoc1C(=O)Nc1ccccn1)c1ccncc1. The fourth-order valence-corrected chi connectivity index (χ4v) is 2.06. The average molecular weight is 309 g/mol. The van der Waals surface area contributed by atoms with Crippen LogP contribution in [0.2, 0.25) is 0 Å². The molecule has 1 atom stereocenters. The van der Waals surface area contributed by atoms with Gasteiger partial charge in [-0.2, -0.15) is 0 Å². The van der Waals surface area contributed by atoms with E-state index in [0.717, 1.165) is 5.56 Å². The second kappa shape index (κ2) is 6.74. The van der Waals surface area contributed by atoms with E-state index in [1.807, 2.05) is 19.1 Å². The summed E-state index contributed by atoms with van der Waals surface area (Å²) in [6, 6.07) is 10.6. The number of aromatic nitrogens is 2. The van der Waals surface area contributed by atoms with Crippen molar-refractivity contribution in [2.75, 3.05) is 5.32 Å². The first-order valence-electron chi connectivity index (χ1n) is 7.10. The molecule has 0 aliphatic carbocycles. The van der Waals surface area contributed by atoms with Crippen molar-refractivity contribution < 1.29 is 13.9 Å². The molecule has 0 aliphatic rings. The Balaban J connectivity index is 1.73. The highest BCUT2D eigenvalue weighted by Gasteiger charge is 2.19. The predicted molar refractivity (Wildman–Crippen MR) is 84.2 cm³/mol. The number of carbonyl (C=O) groups is 1. The van der Waals surface area contributed by atoms with Crippen LogP contribution in [-0.2, 0) is 0 Å². The van der Waals surface area contributed by atoms with Crippen molar-refractivity contribution in [2.24, 2.45) is 0 Å². The first kappa shape index (κ1) is 14.8. The van der Waals surface area contributed by atoms with Crippen molar-refractivity contribution in [1.82, 2.24) is 9.97 Å². The van der Waals surface area contributed by atoms with Crippen molar-refractivity contribution in [3.63, 3.8) is 0 Å². The van der Waals surface area contributed by atoms with Gasteiger partial charge in [-0.05, 0) is 36.8 Å². The van der Waals surface area contributed by atoms with E-state index in [4.69, 9.17) is 9.15 Å². The van der Waals surface area contributed by atoms with Gasteiger partial charge in [0.2, 0.25) is 5.76 Å². The molecule has 1 N–H and O–H groups in total. The number of rotatable bonds is 5. The van der Waals surface area contributed by atoms with E-state index in [1.165, 1.54) is 6.26 Å².